The molecule has 4 heteroatoms. The molecule has 1 aliphatic rings. The van der Waals surface area contributed by atoms with Crippen molar-refractivity contribution in [3.63, 3.8) is 0 Å². The summed E-state index contributed by atoms with van der Waals surface area (Å²) in [7, 11) is 3.75. The van der Waals surface area contributed by atoms with E-state index in [0.717, 1.165) is 10.9 Å². The second-order valence-corrected chi connectivity index (χ2v) is 2.98. The zero-order valence-corrected chi connectivity index (χ0v) is 6.48. The van der Waals surface area contributed by atoms with Crippen LogP contribution < -0.4 is 5.73 Å². The molecule has 3 nitrogen and oxygen atoms in total. The second kappa shape index (κ2) is 2.58. The van der Waals surface area contributed by atoms with Gasteiger partial charge < -0.3 is 10.6 Å². The second-order valence-electron chi connectivity index (χ2n) is 2.00. The number of amidine groups is 1. The molecule has 0 aromatic heterocycles. The van der Waals surface area contributed by atoms with Gasteiger partial charge in [-0.15, -0.1) is 0 Å². The third-order valence-corrected chi connectivity index (χ3v) is 2.61. The summed E-state index contributed by atoms with van der Waals surface area (Å²) in [5.41, 5.74) is 5.67. The molecule has 1 saturated heterocycles. The van der Waals surface area contributed by atoms with E-state index in [4.69, 9.17) is 5.73 Å². The Hall–Kier alpha value is -0.220. The first-order chi connectivity index (χ1) is 4.25. The van der Waals surface area contributed by atoms with E-state index >= 15 is 0 Å². The lowest BCUT2D eigenvalue weighted by atomic mass is 10.5. The predicted molar refractivity (Wildman–Crippen MR) is 41.6 cm³/mol. The van der Waals surface area contributed by atoms with Crippen LogP contribution >= 0.6 is 11.8 Å². The van der Waals surface area contributed by atoms with Crippen LogP contribution in [0.1, 0.15) is 0 Å². The largest absolute Gasteiger partial charge is 0.338 e. The molecule has 0 aromatic carbocycles. The molecule has 0 radical (unpaired) electrons. The minimum Gasteiger partial charge on any atom is -0.338 e. The van der Waals surface area contributed by atoms with Gasteiger partial charge in [-0.3, -0.25) is 4.99 Å². The Bertz CT molecular complexity index is 134. The van der Waals surface area contributed by atoms with E-state index in [0.29, 0.717) is 0 Å². The lowest BCUT2D eigenvalue weighted by molar-refractivity contribution is 0.425. The van der Waals surface area contributed by atoms with Crippen LogP contribution in [-0.2, 0) is 0 Å². The molecule has 0 spiro atoms. The maximum absolute atomic E-state index is 5.67. The fraction of sp³-hybridized carbons (Fsp3) is 0.800. The van der Waals surface area contributed by atoms with E-state index in [9.17, 15) is 0 Å². The van der Waals surface area contributed by atoms with Crippen LogP contribution in [0.25, 0.3) is 0 Å². The lowest BCUT2D eigenvalue weighted by Gasteiger charge is -2.15. The van der Waals surface area contributed by atoms with Gasteiger partial charge in [-0.05, 0) is 0 Å². The van der Waals surface area contributed by atoms with E-state index in [1.807, 2.05) is 11.9 Å². The van der Waals surface area contributed by atoms with Crippen LogP contribution in [-0.4, -0.2) is 36.1 Å². The van der Waals surface area contributed by atoms with E-state index < -0.39 is 0 Å². The smallest absolute Gasteiger partial charge is 0.160 e. The van der Waals surface area contributed by atoms with Gasteiger partial charge in [0.2, 0.25) is 0 Å². The summed E-state index contributed by atoms with van der Waals surface area (Å²) in [6.07, 6.45) is 0.161. The third-order valence-electron chi connectivity index (χ3n) is 1.37. The Labute approximate surface area is 59.3 Å². The number of rotatable bonds is 0. The highest BCUT2D eigenvalue weighted by atomic mass is 32.2. The van der Waals surface area contributed by atoms with Gasteiger partial charge in [0.15, 0.2) is 5.17 Å². The first-order valence-corrected chi connectivity index (χ1v) is 3.82. The number of hydrogen-bond donors (Lipinski definition) is 1. The average molecular weight is 145 g/mol. The van der Waals surface area contributed by atoms with Gasteiger partial charge >= 0.3 is 0 Å². The van der Waals surface area contributed by atoms with E-state index in [-0.39, 0.29) is 6.17 Å². The quantitative estimate of drug-likeness (QED) is 0.519. The number of nitrogens with two attached hydrogens (primary N) is 1. The maximum Gasteiger partial charge on any atom is 0.160 e. The predicted octanol–water partition coefficient (Wildman–Crippen LogP) is -0.0644. The molecule has 1 heterocycles. The highest BCUT2D eigenvalue weighted by Gasteiger charge is 2.22. The summed E-state index contributed by atoms with van der Waals surface area (Å²) in [6.45, 7) is 0. The molecule has 0 bridgehead atoms. The minimum atomic E-state index is 0.161. The molecule has 0 aromatic rings. The van der Waals surface area contributed by atoms with Crippen molar-refractivity contribution in [1.29, 1.82) is 0 Å². The van der Waals surface area contributed by atoms with Gasteiger partial charge in [-0.25, -0.2) is 0 Å². The monoisotopic (exact) mass is 145 g/mol. The summed E-state index contributed by atoms with van der Waals surface area (Å²) >= 11 is 1.71. The summed E-state index contributed by atoms with van der Waals surface area (Å²) in [6, 6.07) is 0. The van der Waals surface area contributed by atoms with Gasteiger partial charge in [0.1, 0.15) is 0 Å². The Morgan fingerprint density at radius 1 is 1.89 bits per heavy atom. The third kappa shape index (κ3) is 1.19. The fourth-order valence-corrected chi connectivity index (χ4v) is 1.75. The topological polar surface area (TPSA) is 41.6 Å². The van der Waals surface area contributed by atoms with Crippen LogP contribution in [0.5, 0.6) is 0 Å². The highest BCUT2D eigenvalue weighted by Crippen LogP contribution is 2.18. The number of aliphatic imine (C=N–C) groups is 1. The molecule has 0 amide bonds. The number of nitrogens with zero attached hydrogens (tertiary/aromatic N) is 2. The normalized spacial score (nSPS) is 32.1. The Morgan fingerprint density at radius 3 is 2.78 bits per heavy atom. The van der Waals surface area contributed by atoms with Crippen molar-refractivity contribution in [3.8, 4) is 0 Å². The van der Waals surface area contributed by atoms with Gasteiger partial charge in [-0.2, -0.15) is 0 Å². The number of hydrogen-bond acceptors (Lipinski definition) is 3. The molecule has 52 valence electrons. The zero-order valence-electron chi connectivity index (χ0n) is 5.66. The number of thioether (sulfide) groups is 1. The van der Waals surface area contributed by atoms with Crippen molar-refractivity contribution in [1.82, 2.24) is 4.90 Å². The summed E-state index contributed by atoms with van der Waals surface area (Å²) in [5, 5.41) is 1.04. The molecule has 9 heavy (non-hydrogen) atoms. The van der Waals surface area contributed by atoms with Crippen LogP contribution in [0, 0.1) is 0 Å². The summed E-state index contributed by atoms with van der Waals surface area (Å²) in [4.78, 5) is 6.04. The van der Waals surface area contributed by atoms with Gasteiger partial charge in [-0.1, -0.05) is 11.8 Å². The van der Waals surface area contributed by atoms with Crippen molar-refractivity contribution in [2.75, 3.05) is 19.8 Å². The Kier molecular flexibility index (Phi) is 1.97. The lowest BCUT2D eigenvalue weighted by Crippen LogP contribution is -2.37. The molecule has 1 atom stereocenters. The van der Waals surface area contributed by atoms with Crippen LogP contribution in [0.15, 0.2) is 4.99 Å². The van der Waals surface area contributed by atoms with E-state index in [1.165, 1.54) is 0 Å². The van der Waals surface area contributed by atoms with Gasteiger partial charge in [0, 0.05) is 19.8 Å². The molecule has 0 aliphatic carbocycles. The summed E-state index contributed by atoms with van der Waals surface area (Å²) in [5.74, 6) is 0.961. The first kappa shape index (κ1) is 6.89. The van der Waals surface area contributed by atoms with E-state index in [2.05, 4.69) is 4.99 Å². The summed E-state index contributed by atoms with van der Waals surface area (Å²) < 4.78 is 0. The highest BCUT2D eigenvalue weighted by molar-refractivity contribution is 8.14. The molecule has 1 unspecified atom stereocenters. The maximum atomic E-state index is 5.67. The van der Waals surface area contributed by atoms with Crippen molar-refractivity contribution < 1.29 is 0 Å². The fourth-order valence-electron chi connectivity index (χ4n) is 0.738. The van der Waals surface area contributed by atoms with Crippen molar-refractivity contribution in [3.05, 3.63) is 0 Å². The van der Waals surface area contributed by atoms with Crippen LogP contribution in [0.4, 0.5) is 0 Å². The molecule has 1 rings (SSSR count). The molecule has 1 fully saturated rings. The average Bonchev–Trinajstić information content (AvgIpc) is 2.15. The van der Waals surface area contributed by atoms with Crippen LogP contribution in [0.3, 0.4) is 0 Å². The standard InChI is InChI=1S/C5H11N3S/c1-7-5-8(2)4(6)3-9-5/h4H,3,6H2,1-2H3. The molecule has 2 N–H and O–H groups in total. The van der Waals surface area contributed by atoms with Gasteiger partial charge in [0.05, 0.1) is 6.17 Å². The molecular formula is C5H11N3S. The Morgan fingerprint density at radius 2 is 2.56 bits per heavy atom. The van der Waals surface area contributed by atoms with Crippen LogP contribution in [0.2, 0.25) is 0 Å². The van der Waals surface area contributed by atoms with Crippen molar-refractivity contribution >= 4 is 16.9 Å². The minimum absolute atomic E-state index is 0.161. The van der Waals surface area contributed by atoms with E-state index in [1.54, 1.807) is 18.8 Å². The molecule has 0 saturated carbocycles. The van der Waals surface area contributed by atoms with Gasteiger partial charge in [0.25, 0.3) is 0 Å². The van der Waals surface area contributed by atoms with Crippen molar-refractivity contribution in [2.45, 2.75) is 6.17 Å². The molecule has 1 aliphatic heterocycles. The first-order valence-electron chi connectivity index (χ1n) is 2.83. The molecular weight excluding hydrogens is 134 g/mol. The zero-order chi connectivity index (χ0) is 6.85. The van der Waals surface area contributed by atoms with Crippen molar-refractivity contribution in [2.24, 2.45) is 10.7 Å². The Balaban J connectivity index is 2.62. The SMILES string of the molecule is CN=C1SCC(N)N1C.